The summed E-state index contributed by atoms with van der Waals surface area (Å²) in [4.78, 5) is 25.7. The van der Waals surface area contributed by atoms with Crippen LogP contribution in [0.25, 0.3) is 0 Å². The van der Waals surface area contributed by atoms with E-state index in [1.54, 1.807) is 0 Å². The molecule has 0 saturated heterocycles. The minimum atomic E-state index is -0.413. The van der Waals surface area contributed by atoms with Crippen LogP contribution in [0.4, 0.5) is 0 Å². The third-order valence-electron chi connectivity index (χ3n) is 14.1. The number of fused-ring (bicyclic) bond motifs is 7. The van der Waals surface area contributed by atoms with E-state index in [9.17, 15) is 14.7 Å². The molecule has 198 valence electrons. The molecule has 0 bridgehead atoms. The quantitative estimate of drug-likeness (QED) is 0.425. The number of Topliss-reactive ketones (excluding diaryl/α,β-unsaturated/α-hetero) is 1. The molecule has 4 nitrogen and oxygen atoms in total. The Morgan fingerprint density at radius 1 is 0.857 bits per heavy atom. The number of hydrogen-bond donors (Lipinski definition) is 1. The third-order valence-corrected chi connectivity index (χ3v) is 14.1. The first-order chi connectivity index (χ1) is 16.1. The average Bonchev–Trinajstić information content (AvgIpc) is 2.79. The fraction of sp³-hybridized carbons (Fsp3) is 0.935. The van der Waals surface area contributed by atoms with Gasteiger partial charge in [-0.05, 0) is 110 Å². The Morgan fingerprint density at radius 2 is 1.49 bits per heavy atom. The minimum absolute atomic E-state index is 0.0178. The zero-order chi connectivity index (χ0) is 25.8. The molecule has 0 radical (unpaired) electrons. The molecule has 0 heterocycles. The molecule has 1 N–H and O–H groups in total. The number of aliphatic hydroxyl groups is 1. The number of aliphatic hydroxyl groups excluding tert-OH is 1. The van der Waals surface area contributed by atoms with E-state index in [1.165, 1.54) is 13.5 Å². The number of hydrogen-bond acceptors (Lipinski definition) is 4. The maximum atomic E-state index is 12.9. The molecule has 5 aliphatic rings. The van der Waals surface area contributed by atoms with Crippen molar-refractivity contribution in [1.29, 1.82) is 0 Å². The Hall–Kier alpha value is -0.900. The highest BCUT2D eigenvalue weighted by molar-refractivity contribution is 5.82. The van der Waals surface area contributed by atoms with Gasteiger partial charge in [-0.15, -0.1) is 0 Å². The van der Waals surface area contributed by atoms with E-state index in [0.29, 0.717) is 24.0 Å². The van der Waals surface area contributed by atoms with Crippen LogP contribution in [0.3, 0.4) is 0 Å². The summed E-state index contributed by atoms with van der Waals surface area (Å²) in [6.45, 7) is 16.5. The lowest BCUT2D eigenvalue weighted by Gasteiger charge is -2.75. The van der Waals surface area contributed by atoms with Crippen molar-refractivity contribution < 1.29 is 19.4 Å². The second kappa shape index (κ2) is 7.58. The van der Waals surface area contributed by atoms with Gasteiger partial charge in [-0.1, -0.05) is 41.5 Å². The normalized spacial score (nSPS) is 57.9. The third kappa shape index (κ3) is 3.07. The van der Waals surface area contributed by atoms with Crippen LogP contribution >= 0.6 is 0 Å². The maximum Gasteiger partial charge on any atom is 0.311 e. The Bertz CT molecular complexity index is 929. The number of methoxy groups -OCH3 is 1. The number of rotatable bonds is 1. The topological polar surface area (TPSA) is 63.6 Å². The van der Waals surface area contributed by atoms with Crippen LogP contribution in [-0.2, 0) is 14.3 Å². The summed E-state index contributed by atoms with van der Waals surface area (Å²) < 4.78 is 5.30. The first-order valence-electron chi connectivity index (χ1n) is 14.4. The predicted molar refractivity (Wildman–Crippen MR) is 137 cm³/mol. The van der Waals surface area contributed by atoms with Gasteiger partial charge in [-0.3, -0.25) is 9.59 Å². The summed E-state index contributed by atoms with van der Waals surface area (Å²) in [5.41, 5.74) is -0.140. The maximum absolute atomic E-state index is 12.9. The van der Waals surface area contributed by atoms with Gasteiger partial charge in [0.1, 0.15) is 5.78 Å². The molecule has 5 fully saturated rings. The van der Waals surface area contributed by atoms with E-state index < -0.39 is 5.41 Å². The predicted octanol–water partition coefficient (Wildman–Crippen LogP) is 6.58. The van der Waals surface area contributed by atoms with Crippen molar-refractivity contribution in [2.24, 2.45) is 56.2 Å². The Kier molecular flexibility index (Phi) is 5.57. The summed E-state index contributed by atoms with van der Waals surface area (Å²) in [6, 6.07) is 0. The van der Waals surface area contributed by atoms with Crippen molar-refractivity contribution in [2.75, 3.05) is 7.11 Å². The Morgan fingerprint density at radius 3 is 2.14 bits per heavy atom. The summed E-state index contributed by atoms with van der Waals surface area (Å²) in [5.74, 6) is 1.54. The molecule has 0 amide bonds. The molecule has 0 aromatic rings. The smallest absolute Gasteiger partial charge is 0.311 e. The summed E-state index contributed by atoms with van der Waals surface area (Å²) in [6.07, 6.45) is 9.54. The molecule has 4 heteroatoms. The van der Waals surface area contributed by atoms with Crippen LogP contribution < -0.4 is 0 Å². The first-order valence-corrected chi connectivity index (χ1v) is 14.4. The van der Waals surface area contributed by atoms with Gasteiger partial charge in [0.25, 0.3) is 0 Å². The van der Waals surface area contributed by atoms with E-state index in [4.69, 9.17) is 4.74 Å². The van der Waals surface area contributed by atoms with Gasteiger partial charge in [0.15, 0.2) is 0 Å². The van der Waals surface area contributed by atoms with Gasteiger partial charge < -0.3 is 9.84 Å². The molecule has 5 rings (SSSR count). The zero-order valence-corrected chi connectivity index (χ0v) is 23.6. The molecule has 0 aromatic carbocycles. The van der Waals surface area contributed by atoms with Gasteiger partial charge in [-0.2, -0.15) is 0 Å². The molecule has 5 aliphatic carbocycles. The fourth-order valence-electron chi connectivity index (χ4n) is 11.6. The number of esters is 1. The fourth-order valence-corrected chi connectivity index (χ4v) is 11.6. The molecule has 0 spiro atoms. The van der Waals surface area contributed by atoms with Crippen molar-refractivity contribution in [3.63, 3.8) is 0 Å². The monoisotopic (exact) mass is 486 g/mol. The van der Waals surface area contributed by atoms with Gasteiger partial charge >= 0.3 is 5.97 Å². The van der Waals surface area contributed by atoms with Crippen LogP contribution in [0.2, 0.25) is 0 Å². The van der Waals surface area contributed by atoms with Gasteiger partial charge in [0, 0.05) is 12.3 Å². The van der Waals surface area contributed by atoms with Crippen LogP contribution in [0, 0.1) is 56.2 Å². The summed E-state index contributed by atoms with van der Waals surface area (Å²) in [5, 5.41) is 12.0. The number of carbonyl (C=O) groups excluding carboxylic acids is 2. The average molecular weight is 487 g/mol. The number of carbonyl (C=O) groups is 2. The van der Waals surface area contributed by atoms with E-state index in [1.807, 2.05) is 0 Å². The van der Waals surface area contributed by atoms with Crippen LogP contribution in [0.15, 0.2) is 0 Å². The van der Waals surface area contributed by atoms with E-state index in [-0.39, 0.29) is 51.0 Å². The molecular formula is C31H50O4. The zero-order valence-electron chi connectivity index (χ0n) is 23.6. The molecule has 0 aliphatic heterocycles. The molecule has 0 aromatic heterocycles. The standard InChI is InChI=1S/C31H50O4/c1-19-20(32)9-10-22-28(4)14-16-30(6)23-18-27(3,25(34)35-8)12-11-26(23,2)13-15-31(30,7)24(28)21(33)17-29(19,22)5/h19,21-24,33H,9-18H2,1-8H3/t19-,21+,22?,23?,24?,26+,27+,28-,29+,30-,31+/m0/s1. The molecule has 35 heavy (non-hydrogen) atoms. The van der Waals surface area contributed by atoms with Gasteiger partial charge in [-0.25, -0.2) is 0 Å². The lowest BCUT2D eigenvalue weighted by Crippen LogP contribution is -2.71. The number of ketones is 1. The molecule has 5 saturated carbocycles. The minimum Gasteiger partial charge on any atom is -0.469 e. The van der Waals surface area contributed by atoms with Crippen molar-refractivity contribution in [2.45, 2.75) is 119 Å². The summed E-state index contributed by atoms with van der Waals surface area (Å²) >= 11 is 0. The molecule has 11 atom stereocenters. The Balaban J connectivity index is 1.57. The second-order valence-electron chi connectivity index (χ2n) is 15.3. The Labute approximate surface area is 213 Å². The number of ether oxygens (including phenoxy) is 1. The van der Waals surface area contributed by atoms with Crippen molar-refractivity contribution in [1.82, 2.24) is 0 Å². The largest absolute Gasteiger partial charge is 0.469 e. The molecule has 3 unspecified atom stereocenters. The highest BCUT2D eigenvalue weighted by atomic mass is 16.5. The lowest BCUT2D eigenvalue weighted by atomic mass is 9.29. The van der Waals surface area contributed by atoms with E-state index in [2.05, 4.69) is 48.5 Å². The highest BCUT2D eigenvalue weighted by Gasteiger charge is 2.73. The van der Waals surface area contributed by atoms with Crippen LogP contribution in [0.1, 0.15) is 113 Å². The summed E-state index contributed by atoms with van der Waals surface area (Å²) in [7, 11) is 1.53. The lowest BCUT2D eigenvalue weighted by molar-refractivity contribution is -0.282. The van der Waals surface area contributed by atoms with Crippen LogP contribution in [-0.4, -0.2) is 30.1 Å². The second-order valence-corrected chi connectivity index (χ2v) is 15.3. The van der Waals surface area contributed by atoms with Crippen molar-refractivity contribution in [3.05, 3.63) is 0 Å². The molecular weight excluding hydrogens is 436 g/mol. The van der Waals surface area contributed by atoms with Crippen molar-refractivity contribution >= 4 is 11.8 Å². The van der Waals surface area contributed by atoms with E-state index in [0.717, 1.165) is 51.4 Å². The first kappa shape index (κ1) is 25.7. The van der Waals surface area contributed by atoms with Crippen molar-refractivity contribution in [3.8, 4) is 0 Å². The van der Waals surface area contributed by atoms with E-state index >= 15 is 0 Å². The highest BCUT2D eigenvalue weighted by Crippen LogP contribution is 2.78. The van der Waals surface area contributed by atoms with Gasteiger partial charge in [0.05, 0.1) is 18.6 Å². The SMILES string of the molecule is COC(=O)[C@]1(C)CC[C@]2(C)CC[C@]3(C)C4[C@H](O)C[C@@]5(C)C(CCC(=O)[C@@H]5C)[C@]4(C)CC[C@@]3(C)C2C1. The van der Waals surface area contributed by atoms with Gasteiger partial charge in [0.2, 0.25) is 0 Å². The van der Waals surface area contributed by atoms with Crippen LogP contribution in [0.5, 0.6) is 0 Å².